The van der Waals surface area contributed by atoms with E-state index < -0.39 is 9.84 Å². The normalized spacial score (nSPS) is 11.9. The van der Waals surface area contributed by atoms with Gasteiger partial charge in [0.25, 0.3) is 0 Å². The third-order valence-electron chi connectivity index (χ3n) is 5.84. The van der Waals surface area contributed by atoms with Gasteiger partial charge in [0.15, 0.2) is 5.82 Å². The van der Waals surface area contributed by atoms with Crippen LogP contribution in [0.3, 0.4) is 0 Å². The molecule has 0 aliphatic heterocycles. The summed E-state index contributed by atoms with van der Waals surface area (Å²) in [5.74, 6) is 0.687. The van der Waals surface area contributed by atoms with Crippen LogP contribution in [0.25, 0.3) is 21.6 Å². The summed E-state index contributed by atoms with van der Waals surface area (Å²) in [5, 5.41) is 5.48. The van der Waals surface area contributed by atoms with Gasteiger partial charge >= 0.3 is 0 Å². The van der Waals surface area contributed by atoms with E-state index in [0.29, 0.717) is 16.9 Å². The molecule has 4 aromatic rings. The molecule has 2 aromatic carbocycles. The van der Waals surface area contributed by atoms with E-state index in [0.717, 1.165) is 49.6 Å². The van der Waals surface area contributed by atoms with Gasteiger partial charge in [-0.1, -0.05) is 38.1 Å². The van der Waals surface area contributed by atoms with Gasteiger partial charge in [0, 0.05) is 6.54 Å². The Labute approximate surface area is 205 Å². The molecule has 0 saturated carbocycles. The van der Waals surface area contributed by atoms with Crippen LogP contribution in [-0.4, -0.2) is 49.5 Å². The molecule has 2 heterocycles. The maximum absolute atomic E-state index is 13.1. The number of nitrogens with zero attached hydrogens (tertiary/aromatic N) is 3. The summed E-state index contributed by atoms with van der Waals surface area (Å²) in [4.78, 5) is 13.6. The van der Waals surface area contributed by atoms with Crippen LogP contribution in [0.4, 0.5) is 5.82 Å². The molecule has 0 atom stereocenters. The average molecular weight is 495 g/mol. The SMILES string of the molecule is CCN(CC)CCCCNc1nc2cc(S(=O)(=O)c3ccccc3)ccc2nc1-c1cccs1. The molecule has 8 heteroatoms. The highest BCUT2D eigenvalue weighted by Crippen LogP contribution is 2.32. The number of sulfone groups is 1. The molecule has 2 aromatic heterocycles. The van der Waals surface area contributed by atoms with Crippen LogP contribution in [0, 0.1) is 0 Å². The molecule has 0 spiro atoms. The fourth-order valence-electron chi connectivity index (χ4n) is 3.85. The van der Waals surface area contributed by atoms with Crippen molar-refractivity contribution in [1.29, 1.82) is 0 Å². The number of thiophene rings is 1. The van der Waals surface area contributed by atoms with Crippen molar-refractivity contribution in [3.05, 3.63) is 66.0 Å². The summed E-state index contributed by atoms with van der Waals surface area (Å²) in [6, 6.07) is 17.5. The van der Waals surface area contributed by atoms with Gasteiger partial charge in [0.2, 0.25) is 9.84 Å². The van der Waals surface area contributed by atoms with Gasteiger partial charge in [-0.25, -0.2) is 18.4 Å². The zero-order chi connectivity index (χ0) is 24.0. The molecule has 6 nitrogen and oxygen atoms in total. The molecule has 4 rings (SSSR count). The first kappa shape index (κ1) is 24.3. The van der Waals surface area contributed by atoms with E-state index in [1.807, 2.05) is 17.5 Å². The number of nitrogens with one attached hydrogen (secondary N) is 1. The summed E-state index contributed by atoms with van der Waals surface area (Å²) in [5.41, 5.74) is 2.02. The molecule has 34 heavy (non-hydrogen) atoms. The van der Waals surface area contributed by atoms with E-state index in [1.54, 1.807) is 59.9 Å². The lowest BCUT2D eigenvalue weighted by Gasteiger charge is -2.17. The maximum atomic E-state index is 13.1. The first-order chi connectivity index (χ1) is 16.5. The Kier molecular flexibility index (Phi) is 7.92. The van der Waals surface area contributed by atoms with Crippen LogP contribution in [0.5, 0.6) is 0 Å². The Balaban J connectivity index is 1.62. The quantitative estimate of drug-likeness (QED) is 0.269. The predicted octanol–water partition coefficient (Wildman–Crippen LogP) is 5.73. The van der Waals surface area contributed by atoms with Crippen LogP contribution in [0.1, 0.15) is 26.7 Å². The summed E-state index contributed by atoms with van der Waals surface area (Å²) >= 11 is 1.61. The van der Waals surface area contributed by atoms with Gasteiger partial charge in [-0.2, -0.15) is 0 Å². The fourth-order valence-corrected chi connectivity index (χ4v) is 5.87. The Morgan fingerprint density at radius 3 is 2.38 bits per heavy atom. The van der Waals surface area contributed by atoms with Crippen LogP contribution >= 0.6 is 11.3 Å². The highest BCUT2D eigenvalue weighted by Gasteiger charge is 2.19. The fraction of sp³-hybridized carbons (Fsp3) is 0.308. The monoisotopic (exact) mass is 494 g/mol. The first-order valence-electron chi connectivity index (χ1n) is 11.6. The lowest BCUT2D eigenvalue weighted by molar-refractivity contribution is 0.298. The van der Waals surface area contributed by atoms with E-state index in [9.17, 15) is 8.42 Å². The number of anilines is 1. The second-order valence-electron chi connectivity index (χ2n) is 8.03. The number of hydrogen-bond acceptors (Lipinski definition) is 7. The number of unbranched alkanes of at least 4 members (excludes halogenated alkanes) is 1. The Hall–Kier alpha value is -2.81. The van der Waals surface area contributed by atoms with Crippen molar-refractivity contribution in [3.63, 3.8) is 0 Å². The second kappa shape index (κ2) is 11.1. The number of rotatable bonds is 11. The molecule has 1 N–H and O–H groups in total. The van der Waals surface area contributed by atoms with Gasteiger partial charge in [-0.3, -0.25) is 0 Å². The number of benzene rings is 2. The highest BCUT2D eigenvalue weighted by molar-refractivity contribution is 7.91. The zero-order valence-electron chi connectivity index (χ0n) is 19.6. The molecule has 178 valence electrons. The molecule has 0 unspecified atom stereocenters. The smallest absolute Gasteiger partial charge is 0.206 e. The molecule has 0 saturated heterocycles. The Morgan fingerprint density at radius 2 is 1.68 bits per heavy atom. The van der Waals surface area contributed by atoms with Crippen molar-refractivity contribution in [2.45, 2.75) is 36.5 Å². The lowest BCUT2D eigenvalue weighted by Crippen LogP contribution is -2.24. The lowest BCUT2D eigenvalue weighted by atomic mass is 10.2. The van der Waals surface area contributed by atoms with Crippen LogP contribution in [0.15, 0.2) is 75.8 Å². The van der Waals surface area contributed by atoms with Crippen LogP contribution < -0.4 is 5.32 Å². The van der Waals surface area contributed by atoms with Crippen molar-refractivity contribution in [2.75, 3.05) is 31.5 Å². The molecule has 0 aliphatic carbocycles. The van der Waals surface area contributed by atoms with Gasteiger partial charge in [-0.05, 0) is 74.3 Å². The van der Waals surface area contributed by atoms with Crippen molar-refractivity contribution in [3.8, 4) is 10.6 Å². The topological polar surface area (TPSA) is 75.2 Å². The first-order valence-corrected chi connectivity index (χ1v) is 14.0. The third kappa shape index (κ3) is 5.46. The standard InChI is InChI=1S/C26H30N4O2S2/c1-3-30(4-2)17-9-8-16-27-26-25(24-13-10-18-33-24)28-22-15-14-21(19-23(22)29-26)34(31,32)20-11-6-5-7-12-20/h5-7,10-15,18-19H,3-4,8-9,16-17H2,1-2H3,(H,27,29). The molecular weight excluding hydrogens is 464 g/mol. The van der Waals surface area contributed by atoms with Crippen molar-refractivity contribution in [1.82, 2.24) is 14.9 Å². The highest BCUT2D eigenvalue weighted by atomic mass is 32.2. The Bertz CT molecular complexity index is 1320. The van der Waals surface area contributed by atoms with Crippen molar-refractivity contribution in [2.24, 2.45) is 0 Å². The predicted molar refractivity (Wildman–Crippen MR) is 140 cm³/mol. The van der Waals surface area contributed by atoms with E-state index in [1.165, 1.54) is 0 Å². The molecule has 0 fully saturated rings. The number of fused-ring (bicyclic) bond motifs is 1. The van der Waals surface area contributed by atoms with Crippen LogP contribution in [-0.2, 0) is 9.84 Å². The van der Waals surface area contributed by atoms with E-state index in [2.05, 4.69) is 24.1 Å². The molecule has 0 bridgehead atoms. The number of hydrogen-bond donors (Lipinski definition) is 1. The molecule has 0 aliphatic rings. The summed E-state index contributed by atoms with van der Waals surface area (Å²) in [7, 11) is -3.62. The minimum atomic E-state index is -3.62. The van der Waals surface area contributed by atoms with Gasteiger partial charge in [0.1, 0.15) is 5.69 Å². The summed E-state index contributed by atoms with van der Waals surface area (Å²) in [6.07, 6.45) is 2.12. The van der Waals surface area contributed by atoms with Gasteiger partial charge in [-0.15, -0.1) is 11.3 Å². The van der Waals surface area contributed by atoms with Crippen molar-refractivity contribution >= 4 is 38.0 Å². The van der Waals surface area contributed by atoms with E-state index in [-0.39, 0.29) is 9.79 Å². The minimum Gasteiger partial charge on any atom is -0.368 e. The van der Waals surface area contributed by atoms with Gasteiger partial charge in [0.05, 0.1) is 25.7 Å². The maximum Gasteiger partial charge on any atom is 0.206 e. The van der Waals surface area contributed by atoms with E-state index in [4.69, 9.17) is 9.97 Å². The Morgan fingerprint density at radius 1 is 0.882 bits per heavy atom. The second-order valence-corrected chi connectivity index (χ2v) is 10.9. The average Bonchev–Trinajstić information content (AvgIpc) is 3.41. The zero-order valence-corrected chi connectivity index (χ0v) is 21.2. The molecule has 0 amide bonds. The minimum absolute atomic E-state index is 0.217. The number of aromatic nitrogens is 2. The molecule has 0 radical (unpaired) electrons. The molecular formula is C26H30N4O2S2. The van der Waals surface area contributed by atoms with Crippen LogP contribution in [0.2, 0.25) is 0 Å². The van der Waals surface area contributed by atoms with Gasteiger partial charge < -0.3 is 10.2 Å². The summed E-state index contributed by atoms with van der Waals surface area (Å²) in [6.45, 7) is 8.37. The van der Waals surface area contributed by atoms with E-state index >= 15 is 0 Å². The third-order valence-corrected chi connectivity index (χ3v) is 8.49. The summed E-state index contributed by atoms with van der Waals surface area (Å²) < 4.78 is 26.2. The van der Waals surface area contributed by atoms with Crippen molar-refractivity contribution < 1.29 is 8.42 Å². The largest absolute Gasteiger partial charge is 0.368 e.